The molecule has 1 atom stereocenters. The van der Waals surface area contributed by atoms with Crippen LogP contribution in [0.5, 0.6) is 0 Å². The number of carbonyl (C=O) groups is 1. The molecule has 0 unspecified atom stereocenters. The lowest BCUT2D eigenvalue weighted by molar-refractivity contribution is 0.122. The van der Waals surface area contributed by atoms with Gasteiger partial charge in [-0.05, 0) is 29.2 Å². The molecule has 0 spiro atoms. The van der Waals surface area contributed by atoms with Crippen LogP contribution in [0.1, 0.15) is 24.0 Å². The molecule has 3 rings (SSSR count). The van der Waals surface area contributed by atoms with Crippen LogP contribution in [-0.2, 0) is 4.74 Å². The van der Waals surface area contributed by atoms with Crippen molar-refractivity contribution in [3.8, 4) is 11.1 Å². The van der Waals surface area contributed by atoms with Crippen molar-refractivity contribution in [2.75, 3.05) is 0 Å². The Labute approximate surface area is 117 Å². The van der Waals surface area contributed by atoms with E-state index in [1.165, 1.54) is 22.3 Å². The monoisotopic (exact) mass is 272 g/mol. The van der Waals surface area contributed by atoms with E-state index in [1.807, 2.05) is 31.2 Å². The van der Waals surface area contributed by atoms with Gasteiger partial charge in [0.25, 0.3) is 0 Å². The molecule has 3 heteroatoms. The van der Waals surface area contributed by atoms with Gasteiger partial charge in [-0.1, -0.05) is 48.5 Å². The molecule has 0 saturated carbocycles. The fourth-order valence-electron chi connectivity index (χ4n) is 2.91. The second-order valence-corrected chi connectivity index (χ2v) is 5.02. The molecule has 0 saturated heterocycles. The maximum Gasteiger partial charge on any atom is 0.404 e. The first kappa shape index (κ1) is 12.2. The predicted octanol–water partition coefficient (Wildman–Crippen LogP) is 4.56. The first-order valence-electron chi connectivity index (χ1n) is 6.23. The number of rotatable bonds is 2. The average molecular weight is 273 g/mol. The Morgan fingerprint density at radius 3 is 2.00 bits per heavy atom. The van der Waals surface area contributed by atoms with Crippen LogP contribution in [0.25, 0.3) is 11.1 Å². The number of benzene rings is 2. The maximum atomic E-state index is 11.0. The Hall–Kier alpha value is -1.80. The topological polar surface area (TPSA) is 26.3 Å². The Balaban J connectivity index is 2.12. The van der Waals surface area contributed by atoms with Gasteiger partial charge in [-0.2, -0.15) is 0 Å². The normalized spacial score (nSPS) is 14.6. The highest BCUT2D eigenvalue weighted by Gasteiger charge is 2.33. The number of ether oxygens (including phenoxy) is 1. The first-order valence-corrected chi connectivity index (χ1v) is 6.60. The van der Waals surface area contributed by atoms with Crippen molar-refractivity contribution in [1.29, 1.82) is 0 Å². The molecule has 0 heterocycles. The number of hydrogen-bond acceptors (Lipinski definition) is 2. The van der Waals surface area contributed by atoms with E-state index in [4.69, 9.17) is 16.3 Å². The van der Waals surface area contributed by atoms with Gasteiger partial charge >= 0.3 is 5.43 Å². The van der Waals surface area contributed by atoms with Crippen LogP contribution in [0, 0.1) is 0 Å². The van der Waals surface area contributed by atoms with E-state index in [1.54, 1.807) is 0 Å². The van der Waals surface area contributed by atoms with E-state index in [0.29, 0.717) is 0 Å². The smallest absolute Gasteiger partial charge is 0.404 e. The number of carbonyl (C=O) groups excluding carboxylic acids is 1. The van der Waals surface area contributed by atoms with Gasteiger partial charge in [0, 0.05) is 17.5 Å². The van der Waals surface area contributed by atoms with Gasteiger partial charge in [0.05, 0.1) is 0 Å². The minimum absolute atomic E-state index is 0.0510. The average Bonchev–Trinajstić information content (AvgIpc) is 2.72. The quantitative estimate of drug-likeness (QED) is 0.749. The summed E-state index contributed by atoms with van der Waals surface area (Å²) in [6.07, 6.45) is -0.283. The largest absolute Gasteiger partial charge is 0.450 e. The van der Waals surface area contributed by atoms with E-state index in [2.05, 4.69) is 24.3 Å². The van der Waals surface area contributed by atoms with Crippen LogP contribution in [0.15, 0.2) is 48.5 Å². The Kier molecular flexibility index (Phi) is 3.03. The SMILES string of the molecule is C[C@H](OC(=O)Cl)C1c2ccccc2-c2ccccc21. The molecule has 0 bridgehead atoms. The van der Waals surface area contributed by atoms with E-state index in [0.717, 1.165) is 0 Å². The first-order chi connectivity index (χ1) is 9.18. The molecule has 0 aromatic heterocycles. The van der Waals surface area contributed by atoms with Crippen molar-refractivity contribution < 1.29 is 9.53 Å². The van der Waals surface area contributed by atoms with Crippen molar-refractivity contribution in [1.82, 2.24) is 0 Å². The van der Waals surface area contributed by atoms with Crippen LogP contribution in [0.2, 0.25) is 0 Å². The van der Waals surface area contributed by atoms with Gasteiger partial charge in [0.2, 0.25) is 0 Å². The highest BCUT2D eigenvalue weighted by molar-refractivity contribution is 6.61. The van der Waals surface area contributed by atoms with Crippen molar-refractivity contribution in [2.45, 2.75) is 18.9 Å². The number of hydrogen-bond donors (Lipinski definition) is 0. The summed E-state index contributed by atoms with van der Waals surface area (Å²) in [5, 5.41) is 0. The molecule has 1 aliphatic carbocycles. The molecule has 2 aromatic carbocycles. The molecule has 0 radical (unpaired) electrons. The summed E-state index contributed by atoms with van der Waals surface area (Å²) in [5.74, 6) is 0.0510. The van der Waals surface area contributed by atoms with Crippen molar-refractivity contribution in [3.63, 3.8) is 0 Å². The lowest BCUT2D eigenvalue weighted by Gasteiger charge is -2.20. The number of halogens is 1. The molecular formula is C16H13ClO2. The van der Waals surface area contributed by atoms with Gasteiger partial charge in [0.15, 0.2) is 0 Å². The molecule has 2 aromatic rings. The molecule has 0 N–H and O–H groups in total. The van der Waals surface area contributed by atoms with Crippen molar-refractivity contribution >= 4 is 17.0 Å². The lowest BCUT2D eigenvalue weighted by Crippen LogP contribution is -2.19. The minimum Gasteiger partial charge on any atom is -0.450 e. The van der Waals surface area contributed by atoms with Crippen LogP contribution in [-0.4, -0.2) is 11.5 Å². The van der Waals surface area contributed by atoms with Gasteiger partial charge in [0.1, 0.15) is 6.10 Å². The molecule has 2 nitrogen and oxygen atoms in total. The van der Waals surface area contributed by atoms with E-state index >= 15 is 0 Å². The van der Waals surface area contributed by atoms with Crippen LogP contribution < -0.4 is 0 Å². The molecule has 0 fully saturated rings. The summed E-state index contributed by atoms with van der Waals surface area (Å²) in [6, 6.07) is 16.4. The zero-order chi connectivity index (χ0) is 13.4. The van der Waals surface area contributed by atoms with Gasteiger partial charge in [-0.3, -0.25) is 0 Å². The molecule has 96 valence electrons. The van der Waals surface area contributed by atoms with E-state index < -0.39 is 5.43 Å². The Morgan fingerprint density at radius 1 is 1.05 bits per heavy atom. The fourth-order valence-corrected chi connectivity index (χ4v) is 3.05. The summed E-state index contributed by atoms with van der Waals surface area (Å²) in [6.45, 7) is 1.88. The highest BCUT2D eigenvalue weighted by atomic mass is 35.5. The molecule has 19 heavy (non-hydrogen) atoms. The zero-order valence-corrected chi connectivity index (χ0v) is 11.2. The Bertz CT molecular complexity index is 591. The number of fused-ring (bicyclic) bond motifs is 3. The third kappa shape index (κ3) is 2.02. The van der Waals surface area contributed by atoms with Crippen LogP contribution in [0.4, 0.5) is 4.79 Å². The van der Waals surface area contributed by atoms with Crippen molar-refractivity contribution in [2.24, 2.45) is 0 Å². The summed E-state index contributed by atoms with van der Waals surface area (Å²) in [4.78, 5) is 11.0. The minimum atomic E-state index is -0.755. The third-order valence-electron chi connectivity index (χ3n) is 3.63. The van der Waals surface area contributed by atoms with E-state index in [9.17, 15) is 4.79 Å². The predicted molar refractivity (Wildman–Crippen MR) is 75.5 cm³/mol. The molecule has 0 amide bonds. The summed E-state index contributed by atoms with van der Waals surface area (Å²) < 4.78 is 5.17. The van der Waals surface area contributed by atoms with Gasteiger partial charge in [-0.25, -0.2) is 4.79 Å². The molecule has 0 aliphatic heterocycles. The molecule has 1 aliphatic rings. The standard InChI is InChI=1S/C16H13ClO2/c1-10(19-16(17)18)15-13-8-4-2-6-11(13)12-7-3-5-9-14(12)15/h2-10,15H,1H3/t10-/m0/s1. The summed E-state index contributed by atoms with van der Waals surface area (Å²) in [7, 11) is 0. The molecular weight excluding hydrogens is 260 g/mol. The van der Waals surface area contributed by atoms with Crippen LogP contribution >= 0.6 is 11.6 Å². The fraction of sp³-hybridized carbons (Fsp3) is 0.188. The second kappa shape index (κ2) is 4.71. The van der Waals surface area contributed by atoms with Crippen molar-refractivity contribution in [3.05, 3.63) is 59.7 Å². The third-order valence-corrected chi connectivity index (χ3v) is 3.72. The van der Waals surface area contributed by atoms with Gasteiger partial charge in [-0.15, -0.1) is 0 Å². The van der Waals surface area contributed by atoms with E-state index in [-0.39, 0.29) is 12.0 Å². The summed E-state index contributed by atoms with van der Waals surface area (Å²) in [5.41, 5.74) is 4.04. The summed E-state index contributed by atoms with van der Waals surface area (Å²) >= 11 is 5.34. The Morgan fingerprint density at radius 2 is 1.53 bits per heavy atom. The maximum absolute atomic E-state index is 11.0. The van der Waals surface area contributed by atoms with Crippen LogP contribution in [0.3, 0.4) is 0 Å². The van der Waals surface area contributed by atoms with Gasteiger partial charge < -0.3 is 4.74 Å². The lowest BCUT2D eigenvalue weighted by atomic mass is 9.92. The highest BCUT2D eigenvalue weighted by Crippen LogP contribution is 2.46. The zero-order valence-electron chi connectivity index (χ0n) is 10.5. The second-order valence-electron chi connectivity index (χ2n) is 4.71.